The predicted molar refractivity (Wildman–Crippen MR) is 253 cm³/mol. The summed E-state index contributed by atoms with van der Waals surface area (Å²) in [4.78, 5) is 57.8. The maximum atomic E-state index is 13.9. The zero-order valence-corrected chi connectivity index (χ0v) is 37.6. The molecule has 10 nitrogen and oxygen atoms in total. The Kier molecular flexibility index (Phi) is 13.4. The summed E-state index contributed by atoms with van der Waals surface area (Å²) in [5.74, 6) is 0.902. The molecule has 4 N–H and O–H groups in total. The number of benzene rings is 4. The maximum Gasteiger partial charge on any atom is 0.251 e. The van der Waals surface area contributed by atoms with E-state index in [1.54, 1.807) is 0 Å². The van der Waals surface area contributed by atoms with Gasteiger partial charge in [0.25, 0.3) is 11.8 Å². The molecule has 6 aliphatic rings. The number of fused-ring (bicyclic) bond motifs is 6. The number of nitrogens with one attached hydrogen (secondary N) is 4. The molecule has 10 heteroatoms. The summed E-state index contributed by atoms with van der Waals surface area (Å²) >= 11 is 0. The van der Waals surface area contributed by atoms with E-state index in [1.807, 2.05) is 60.7 Å². The highest BCUT2D eigenvalue weighted by molar-refractivity contribution is 5.95. The molecule has 4 aliphatic heterocycles. The number of rotatable bonds is 8. The molecule has 0 spiro atoms. The van der Waals surface area contributed by atoms with Gasteiger partial charge in [-0.05, 0) is 98.9 Å². The van der Waals surface area contributed by atoms with Gasteiger partial charge >= 0.3 is 0 Å². The van der Waals surface area contributed by atoms with E-state index >= 15 is 0 Å². The molecule has 4 aromatic rings. The smallest absolute Gasteiger partial charge is 0.251 e. The van der Waals surface area contributed by atoms with E-state index in [1.165, 1.54) is 11.1 Å². The highest BCUT2D eigenvalue weighted by Crippen LogP contribution is 2.49. The second kappa shape index (κ2) is 19.6. The number of para-hydroxylation sites is 2. The predicted octanol–water partition coefficient (Wildman–Crippen LogP) is 9.54. The fraction of sp³-hybridized carbons (Fsp3) is 0.481. The van der Waals surface area contributed by atoms with Gasteiger partial charge in [0.1, 0.15) is 0 Å². The zero-order chi connectivity index (χ0) is 44.2. The van der Waals surface area contributed by atoms with E-state index in [0.717, 1.165) is 102 Å². The van der Waals surface area contributed by atoms with Crippen LogP contribution in [0.5, 0.6) is 0 Å². The van der Waals surface area contributed by atoms with Crippen molar-refractivity contribution in [2.75, 3.05) is 23.7 Å². The van der Waals surface area contributed by atoms with E-state index in [-0.39, 0.29) is 59.6 Å². The molecular formula is C54H66N6O4. The van der Waals surface area contributed by atoms with Gasteiger partial charge in [-0.15, -0.1) is 0 Å². The van der Waals surface area contributed by atoms with Crippen molar-refractivity contribution in [2.24, 2.45) is 23.7 Å². The highest BCUT2D eigenvalue weighted by Gasteiger charge is 2.49. The van der Waals surface area contributed by atoms with Gasteiger partial charge in [-0.2, -0.15) is 0 Å². The van der Waals surface area contributed by atoms with Crippen LogP contribution in [0, 0.1) is 23.7 Å². The van der Waals surface area contributed by atoms with Crippen LogP contribution >= 0.6 is 0 Å². The third kappa shape index (κ3) is 8.77. The number of hydrogen-bond donors (Lipinski definition) is 4. The number of hydrogen-bond acceptors (Lipinski definition) is 6. The Labute approximate surface area is 379 Å². The van der Waals surface area contributed by atoms with Crippen molar-refractivity contribution in [1.29, 1.82) is 0 Å². The van der Waals surface area contributed by atoms with Crippen LogP contribution in [0.3, 0.4) is 0 Å². The van der Waals surface area contributed by atoms with Crippen LogP contribution in [-0.2, 0) is 9.59 Å². The summed E-state index contributed by atoms with van der Waals surface area (Å²) in [6.45, 7) is 6.06. The lowest BCUT2D eigenvalue weighted by Crippen LogP contribution is -2.50. The van der Waals surface area contributed by atoms with Gasteiger partial charge in [0.05, 0.1) is 23.9 Å². The van der Waals surface area contributed by atoms with Gasteiger partial charge in [-0.25, -0.2) is 0 Å². The molecule has 4 amide bonds. The molecule has 0 unspecified atom stereocenters. The zero-order valence-electron chi connectivity index (χ0n) is 37.6. The van der Waals surface area contributed by atoms with Crippen molar-refractivity contribution in [3.8, 4) is 0 Å². The first kappa shape index (κ1) is 43.6. The van der Waals surface area contributed by atoms with Crippen LogP contribution < -0.4 is 21.3 Å². The van der Waals surface area contributed by atoms with E-state index in [4.69, 9.17) is 0 Å². The minimum absolute atomic E-state index is 0.0761. The fourth-order valence-electron chi connectivity index (χ4n) is 12.3. The van der Waals surface area contributed by atoms with Crippen molar-refractivity contribution in [2.45, 2.75) is 127 Å². The Morgan fingerprint density at radius 2 is 0.875 bits per heavy atom. The standard InChI is InChI=1S/2C27H33N3O2/c2*1-2-22-20-16-17-30(25(20)19-12-6-8-14-23(19)28-22)27(32)21-13-7-9-15-24(21)29-26(31)18-10-4-3-5-11-18/h2*3-6,8,10-12,14,20-22,24-25,28H,2,7,9,13,15-17H2,1H3,(H,29,31)/t20-,21+,22+,24-,25+;20-,21-,22+,24+,25+/m10/s1. The van der Waals surface area contributed by atoms with Crippen molar-refractivity contribution in [3.63, 3.8) is 0 Å². The number of amides is 4. The van der Waals surface area contributed by atoms with Gasteiger partial charge in [0, 0.05) is 71.6 Å². The van der Waals surface area contributed by atoms with Crippen molar-refractivity contribution in [1.82, 2.24) is 20.4 Å². The molecule has 0 bridgehead atoms. The van der Waals surface area contributed by atoms with Gasteiger partial charge in [-0.3, -0.25) is 19.2 Å². The Morgan fingerprint density at radius 3 is 1.28 bits per heavy atom. The normalized spacial score (nSPS) is 28.9. The Balaban J connectivity index is 0.000000162. The molecule has 2 saturated heterocycles. The fourth-order valence-corrected chi connectivity index (χ4v) is 12.3. The van der Waals surface area contributed by atoms with Crippen LogP contribution in [0.25, 0.3) is 0 Å². The second-order valence-corrected chi connectivity index (χ2v) is 19.0. The van der Waals surface area contributed by atoms with Gasteiger partial charge in [0.15, 0.2) is 0 Å². The Hall–Kier alpha value is -5.64. The molecule has 2 aliphatic carbocycles. The Bertz CT molecular complexity index is 2110. The molecule has 4 heterocycles. The average Bonchev–Trinajstić information content (AvgIpc) is 4.01. The van der Waals surface area contributed by atoms with Crippen molar-refractivity contribution >= 4 is 35.0 Å². The second-order valence-electron chi connectivity index (χ2n) is 19.0. The lowest BCUT2D eigenvalue weighted by atomic mass is 9.80. The minimum atomic E-state index is -0.141. The third-order valence-electron chi connectivity index (χ3n) is 15.5. The largest absolute Gasteiger partial charge is 0.382 e. The van der Waals surface area contributed by atoms with Crippen LogP contribution in [0.4, 0.5) is 11.4 Å². The molecule has 336 valence electrons. The molecule has 4 aromatic carbocycles. The molecule has 10 atom stereocenters. The average molecular weight is 863 g/mol. The summed E-state index contributed by atoms with van der Waals surface area (Å²) in [5.41, 5.74) is 6.13. The monoisotopic (exact) mass is 863 g/mol. The quantitative estimate of drug-likeness (QED) is 0.140. The van der Waals surface area contributed by atoms with Crippen LogP contribution in [0.2, 0.25) is 0 Å². The molecule has 64 heavy (non-hydrogen) atoms. The molecule has 10 rings (SSSR count). The first-order valence-electron chi connectivity index (χ1n) is 24.4. The van der Waals surface area contributed by atoms with E-state index in [9.17, 15) is 19.2 Å². The molecule has 2 saturated carbocycles. The van der Waals surface area contributed by atoms with Gasteiger partial charge in [-0.1, -0.05) is 112 Å². The number of nitrogens with zero attached hydrogens (tertiary/aromatic N) is 2. The lowest BCUT2D eigenvalue weighted by molar-refractivity contribution is -0.139. The lowest BCUT2D eigenvalue weighted by Gasteiger charge is -2.41. The summed E-state index contributed by atoms with van der Waals surface area (Å²) in [5, 5.41) is 13.8. The topological polar surface area (TPSA) is 123 Å². The molecule has 0 aromatic heterocycles. The van der Waals surface area contributed by atoms with Crippen LogP contribution in [0.1, 0.15) is 135 Å². The SMILES string of the molecule is CC[C@@H]1Nc2ccccc2[C@H]2[C@@H]1CCN2C(=O)[C@H]1CCCC[C@H]1NC(=O)c1ccccc1.CC[C@H]1Nc2ccccc2[C@@H]2[C@H]1CCN2C(=O)[C@H]1CCCC[C@H]1NC(=O)c1ccccc1. The third-order valence-corrected chi connectivity index (χ3v) is 15.5. The van der Waals surface area contributed by atoms with Gasteiger partial charge in [0.2, 0.25) is 11.8 Å². The maximum absolute atomic E-state index is 13.9. The minimum Gasteiger partial charge on any atom is -0.382 e. The molecule has 0 radical (unpaired) electrons. The number of likely N-dealkylation sites (tertiary alicyclic amines) is 2. The summed E-state index contributed by atoms with van der Waals surface area (Å²) < 4.78 is 0. The number of carbonyl (C=O) groups is 4. The molecule has 4 fully saturated rings. The first-order chi connectivity index (χ1) is 31.3. The Morgan fingerprint density at radius 1 is 0.500 bits per heavy atom. The number of anilines is 2. The van der Waals surface area contributed by atoms with E-state index < -0.39 is 0 Å². The van der Waals surface area contributed by atoms with E-state index in [0.29, 0.717) is 35.0 Å². The van der Waals surface area contributed by atoms with Crippen molar-refractivity contribution < 1.29 is 19.2 Å². The summed E-state index contributed by atoms with van der Waals surface area (Å²) in [6, 6.07) is 36.4. The first-order valence-corrected chi connectivity index (χ1v) is 24.4. The number of carbonyl (C=O) groups excluding carboxylic acids is 4. The summed E-state index contributed by atoms with van der Waals surface area (Å²) in [7, 11) is 0. The molecular weight excluding hydrogens is 797 g/mol. The van der Waals surface area contributed by atoms with Gasteiger partial charge < -0.3 is 31.1 Å². The van der Waals surface area contributed by atoms with Crippen molar-refractivity contribution in [3.05, 3.63) is 131 Å². The van der Waals surface area contributed by atoms with Crippen LogP contribution in [-0.4, -0.2) is 70.7 Å². The summed E-state index contributed by atoms with van der Waals surface area (Å²) in [6.07, 6.45) is 11.8. The van der Waals surface area contributed by atoms with Crippen LogP contribution in [0.15, 0.2) is 109 Å². The van der Waals surface area contributed by atoms with E-state index in [2.05, 4.69) is 93.4 Å². The highest BCUT2D eigenvalue weighted by atomic mass is 16.2.